The maximum absolute atomic E-state index is 12.5. The molecule has 3 rings (SSSR count). The van der Waals surface area contributed by atoms with Crippen LogP contribution >= 0.6 is 0 Å². The molecule has 7 nitrogen and oxygen atoms in total. The second-order valence-corrected chi connectivity index (χ2v) is 8.97. The van der Waals surface area contributed by atoms with Gasteiger partial charge in [0.2, 0.25) is 0 Å². The van der Waals surface area contributed by atoms with E-state index in [4.69, 9.17) is 9.47 Å². The molecule has 0 aromatic heterocycles. The second kappa shape index (κ2) is 11.1. The summed E-state index contributed by atoms with van der Waals surface area (Å²) >= 11 is 0. The first-order chi connectivity index (χ1) is 13.3. The number of hydrogen-bond donors (Lipinski definition) is 1. The van der Waals surface area contributed by atoms with Gasteiger partial charge in [-0.3, -0.25) is 4.55 Å². The average molecular weight is 453 g/mol. The van der Waals surface area contributed by atoms with Crippen LogP contribution in [-0.4, -0.2) is 74.9 Å². The molecule has 0 amide bonds. The van der Waals surface area contributed by atoms with Crippen molar-refractivity contribution in [2.24, 2.45) is 0 Å². The van der Waals surface area contributed by atoms with Gasteiger partial charge in [-0.2, -0.15) is 8.42 Å². The van der Waals surface area contributed by atoms with Gasteiger partial charge in [0.25, 0.3) is 10.1 Å². The summed E-state index contributed by atoms with van der Waals surface area (Å²) in [6.45, 7) is 0. The number of rotatable bonds is 5. The summed E-state index contributed by atoms with van der Waals surface area (Å²) in [6.07, 6.45) is 8.73. The molecule has 158 valence electrons. The second-order valence-electron chi connectivity index (χ2n) is 7.55. The van der Waals surface area contributed by atoms with Gasteiger partial charge < -0.3 is 9.47 Å². The fraction of sp³-hybridized carbons (Fsp3) is 0.600. The third-order valence-corrected chi connectivity index (χ3v) is 6.16. The van der Waals surface area contributed by atoms with Gasteiger partial charge in [-0.15, -0.1) is 0 Å². The summed E-state index contributed by atoms with van der Waals surface area (Å²) in [5, 5.41) is 0. The molecular weight excluding hydrogens is 424 g/mol. The standard InChI is InChI=1S/C20H26O7S.Ca.2H/c21-19(26-16-7-3-1-4-8-16)14-11-15(13-18(12-14)28(23,24)25)20(22)27-17-9-5-2-6-10-17;;;/h11-13,16-17H,1-10H2,(H,23,24,25);;;. The van der Waals surface area contributed by atoms with E-state index in [1.54, 1.807) is 0 Å². The first-order valence-corrected chi connectivity index (χ1v) is 11.3. The van der Waals surface area contributed by atoms with Crippen LogP contribution in [-0.2, 0) is 19.6 Å². The minimum absolute atomic E-state index is 0. The number of hydrogen-bond acceptors (Lipinski definition) is 6. The molecule has 2 fully saturated rings. The third-order valence-electron chi connectivity index (χ3n) is 5.33. The van der Waals surface area contributed by atoms with Crippen LogP contribution in [0, 0.1) is 0 Å². The zero-order valence-electron chi connectivity index (χ0n) is 15.8. The Morgan fingerprint density at radius 1 is 0.759 bits per heavy atom. The number of ether oxygens (including phenoxy) is 2. The van der Waals surface area contributed by atoms with Crippen LogP contribution in [0.4, 0.5) is 0 Å². The molecule has 2 saturated carbocycles. The van der Waals surface area contributed by atoms with Crippen molar-refractivity contribution < 1.29 is 32.0 Å². The van der Waals surface area contributed by atoms with E-state index >= 15 is 0 Å². The van der Waals surface area contributed by atoms with Crippen LogP contribution in [0.1, 0.15) is 84.9 Å². The topological polar surface area (TPSA) is 107 Å². The molecule has 0 aliphatic heterocycles. The van der Waals surface area contributed by atoms with Crippen LogP contribution in [0.2, 0.25) is 0 Å². The summed E-state index contributed by atoms with van der Waals surface area (Å²) in [5.41, 5.74) is -0.174. The van der Waals surface area contributed by atoms with Gasteiger partial charge in [0.15, 0.2) is 0 Å². The summed E-state index contributed by atoms with van der Waals surface area (Å²) in [7, 11) is -4.60. The van der Waals surface area contributed by atoms with Crippen molar-refractivity contribution in [2.45, 2.75) is 81.3 Å². The Kier molecular flexibility index (Phi) is 9.41. The van der Waals surface area contributed by atoms with Crippen molar-refractivity contribution in [2.75, 3.05) is 0 Å². The van der Waals surface area contributed by atoms with Gasteiger partial charge in [0.05, 0.1) is 16.0 Å². The van der Waals surface area contributed by atoms with Gasteiger partial charge in [-0.1, -0.05) is 12.8 Å². The molecule has 0 heterocycles. The minimum atomic E-state index is -4.60. The zero-order valence-corrected chi connectivity index (χ0v) is 16.6. The summed E-state index contributed by atoms with van der Waals surface area (Å²) in [4.78, 5) is 24.5. The first-order valence-electron chi connectivity index (χ1n) is 9.87. The van der Waals surface area contributed by atoms with Gasteiger partial charge in [-0.05, 0) is 69.6 Å². The predicted molar refractivity (Wildman–Crippen MR) is 109 cm³/mol. The molecule has 2 aliphatic rings. The van der Waals surface area contributed by atoms with Gasteiger partial charge in [-0.25, -0.2) is 9.59 Å². The Hall–Kier alpha value is -0.670. The molecule has 1 N–H and O–H groups in total. The van der Waals surface area contributed by atoms with E-state index in [9.17, 15) is 22.6 Å². The molecule has 0 radical (unpaired) electrons. The molecule has 0 bridgehead atoms. The van der Waals surface area contributed by atoms with E-state index in [2.05, 4.69) is 0 Å². The molecule has 0 saturated heterocycles. The third kappa shape index (κ3) is 7.21. The first kappa shape index (κ1) is 24.6. The molecular formula is C20H28CaO7S. The average Bonchev–Trinajstić information content (AvgIpc) is 2.68. The monoisotopic (exact) mass is 452 g/mol. The molecule has 0 unspecified atom stereocenters. The van der Waals surface area contributed by atoms with Crippen LogP contribution in [0.25, 0.3) is 0 Å². The normalized spacial score (nSPS) is 18.5. The van der Waals surface area contributed by atoms with Crippen LogP contribution in [0.15, 0.2) is 23.1 Å². The van der Waals surface area contributed by atoms with E-state index in [1.165, 1.54) is 6.07 Å². The summed E-state index contributed by atoms with van der Waals surface area (Å²) < 4.78 is 43.6. The molecule has 1 aromatic carbocycles. The quantitative estimate of drug-likeness (QED) is 0.416. The Labute approximate surface area is 201 Å². The van der Waals surface area contributed by atoms with Crippen molar-refractivity contribution in [3.8, 4) is 0 Å². The number of benzene rings is 1. The van der Waals surface area contributed by atoms with Crippen LogP contribution < -0.4 is 0 Å². The van der Waals surface area contributed by atoms with E-state index in [1.807, 2.05) is 0 Å². The molecule has 2 aliphatic carbocycles. The Morgan fingerprint density at radius 3 is 1.48 bits per heavy atom. The van der Waals surface area contributed by atoms with Gasteiger partial charge >= 0.3 is 49.7 Å². The van der Waals surface area contributed by atoms with E-state index < -0.39 is 27.0 Å². The fourth-order valence-electron chi connectivity index (χ4n) is 3.79. The van der Waals surface area contributed by atoms with E-state index in [-0.39, 0.29) is 61.1 Å². The molecule has 29 heavy (non-hydrogen) atoms. The van der Waals surface area contributed by atoms with Crippen LogP contribution in [0.5, 0.6) is 0 Å². The van der Waals surface area contributed by atoms with Gasteiger partial charge in [0.1, 0.15) is 12.2 Å². The Morgan fingerprint density at radius 2 is 1.14 bits per heavy atom. The number of esters is 2. The van der Waals surface area contributed by atoms with E-state index in [0.717, 1.165) is 76.3 Å². The molecule has 0 spiro atoms. The van der Waals surface area contributed by atoms with E-state index in [0.29, 0.717) is 0 Å². The van der Waals surface area contributed by atoms with Crippen molar-refractivity contribution in [3.05, 3.63) is 29.3 Å². The maximum atomic E-state index is 12.5. The number of carbonyl (C=O) groups is 2. The molecule has 0 atom stereocenters. The van der Waals surface area contributed by atoms with Crippen molar-refractivity contribution in [1.82, 2.24) is 0 Å². The van der Waals surface area contributed by atoms with Gasteiger partial charge in [0, 0.05) is 0 Å². The fourth-order valence-corrected chi connectivity index (χ4v) is 4.34. The zero-order chi connectivity index (χ0) is 20.1. The summed E-state index contributed by atoms with van der Waals surface area (Å²) in [6, 6.07) is 3.32. The molecule has 9 heteroatoms. The Balaban J connectivity index is 0.00000300. The van der Waals surface area contributed by atoms with Crippen molar-refractivity contribution in [3.63, 3.8) is 0 Å². The van der Waals surface area contributed by atoms with Crippen LogP contribution in [0.3, 0.4) is 0 Å². The SMILES string of the molecule is O=C(OC1CCCCC1)c1cc(C(=O)OC2CCCCC2)cc(S(=O)(=O)O)c1.[CaH2]. The Bertz CT molecular complexity index is 775. The summed E-state index contributed by atoms with van der Waals surface area (Å²) in [5.74, 6) is -1.41. The predicted octanol–water partition coefficient (Wildman–Crippen LogP) is 3.00. The number of carbonyl (C=O) groups excluding carboxylic acids is 2. The van der Waals surface area contributed by atoms with Crippen molar-refractivity contribution >= 4 is 59.8 Å². The van der Waals surface area contributed by atoms with Crippen molar-refractivity contribution in [1.29, 1.82) is 0 Å². The molecule has 1 aromatic rings.